The van der Waals surface area contributed by atoms with Crippen LogP contribution in [0.4, 0.5) is 5.69 Å². The molecule has 0 aliphatic carbocycles. The minimum atomic E-state index is -3.22. The zero-order chi connectivity index (χ0) is 14.8. The molecule has 0 spiro atoms. The van der Waals surface area contributed by atoms with Gasteiger partial charge in [-0.1, -0.05) is 28.1 Å². The molecule has 0 aliphatic rings. The average Bonchev–Trinajstić information content (AvgIpc) is 2.44. The standard InChI is InChI=1S/C13H20BrN3O2S/c1-15-20(18,19)11-12-5-7-13(8-6-12)17-16-10-4-2-3-9-14/h5-8,10,15,17H,2-4,9,11H2,1H3/b16-10+. The lowest BCUT2D eigenvalue weighted by Gasteiger charge is -2.04. The summed E-state index contributed by atoms with van der Waals surface area (Å²) in [6, 6.07) is 7.18. The zero-order valence-electron chi connectivity index (χ0n) is 11.5. The van der Waals surface area contributed by atoms with Gasteiger partial charge >= 0.3 is 0 Å². The Morgan fingerprint density at radius 3 is 2.55 bits per heavy atom. The number of nitrogens with zero attached hydrogens (tertiary/aromatic N) is 1. The summed E-state index contributed by atoms with van der Waals surface area (Å²) >= 11 is 3.38. The lowest BCUT2D eigenvalue weighted by Crippen LogP contribution is -2.20. The number of benzene rings is 1. The van der Waals surface area contributed by atoms with Crippen LogP contribution in [-0.2, 0) is 15.8 Å². The fraction of sp³-hybridized carbons (Fsp3) is 0.462. The number of halogens is 1. The summed E-state index contributed by atoms with van der Waals surface area (Å²) in [5, 5.41) is 5.13. The molecule has 1 rings (SSSR count). The lowest BCUT2D eigenvalue weighted by molar-refractivity contribution is 0.587. The van der Waals surface area contributed by atoms with Crippen molar-refractivity contribution in [3.63, 3.8) is 0 Å². The van der Waals surface area contributed by atoms with Crippen molar-refractivity contribution >= 4 is 37.9 Å². The van der Waals surface area contributed by atoms with E-state index in [1.54, 1.807) is 12.1 Å². The van der Waals surface area contributed by atoms with E-state index in [0.717, 1.165) is 35.8 Å². The van der Waals surface area contributed by atoms with Crippen LogP contribution in [0.1, 0.15) is 24.8 Å². The summed E-state index contributed by atoms with van der Waals surface area (Å²) in [5.74, 6) is -0.0143. The highest BCUT2D eigenvalue weighted by Gasteiger charge is 2.07. The highest BCUT2D eigenvalue weighted by molar-refractivity contribution is 9.09. The van der Waals surface area contributed by atoms with Gasteiger partial charge in [-0.2, -0.15) is 5.10 Å². The van der Waals surface area contributed by atoms with Gasteiger partial charge < -0.3 is 0 Å². The second kappa shape index (κ2) is 9.10. The number of rotatable bonds is 9. The van der Waals surface area contributed by atoms with Gasteiger partial charge in [-0.3, -0.25) is 5.43 Å². The van der Waals surface area contributed by atoms with Crippen LogP contribution in [0.3, 0.4) is 0 Å². The van der Waals surface area contributed by atoms with Crippen molar-refractivity contribution in [2.45, 2.75) is 25.0 Å². The van der Waals surface area contributed by atoms with E-state index in [9.17, 15) is 8.42 Å². The maximum Gasteiger partial charge on any atom is 0.215 e. The number of hydrogen-bond donors (Lipinski definition) is 2. The SMILES string of the molecule is CNS(=O)(=O)Cc1ccc(N/N=C/CCCCBr)cc1. The maximum atomic E-state index is 11.4. The predicted octanol–water partition coefficient (Wildman–Crippen LogP) is 2.70. The lowest BCUT2D eigenvalue weighted by atomic mass is 10.2. The van der Waals surface area contributed by atoms with E-state index >= 15 is 0 Å². The topological polar surface area (TPSA) is 70.6 Å². The molecule has 7 heteroatoms. The highest BCUT2D eigenvalue weighted by Crippen LogP contribution is 2.11. The molecule has 1 aromatic carbocycles. The van der Waals surface area contributed by atoms with Crippen molar-refractivity contribution in [1.82, 2.24) is 4.72 Å². The second-order valence-electron chi connectivity index (χ2n) is 4.27. The van der Waals surface area contributed by atoms with Crippen LogP contribution in [-0.4, -0.2) is 27.0 Å². The third kappa shape index (κ3) is 7.02. The molecule has 0 fully saturated rings. The minimum absolute atomic E-state index is 0.0143. The first-order chi connectivity index (χ1) is 9.57. The Balaban J connectivity index is 2.43. The van der Waals surface area contributed by atoms with Crippen LogP contribution in [0, 0.1) is 0 Å². The molecule has 0 radical (unpaired) electrons. The van der Waals surface area contributed by atoms with Crippen LogP contribution in [0.15, 0.2) is 29.4 Å². The Morgan fingerprint density at radius 1 is 1.25 bits per heavy atom. The van der Waals surface area contributed by atoms with E-state index in [1.807, 2.05) is 18.3 Å². The highest BCUT2D eigenvalue weighted by atomic mass is 79.9. The molecule has 0 atom stereocenters. The molecule has 0 unspecified atom stereocenters. The van der Waals surface area contributed by atoms with Crippen LogP contribution >= 0.6 is 15.9 Å². The van der Waals surface area contributed by atoms with Crippen LogP contribution < -0.4 is 10.1 Å². The van der Waals surface area contributed by atoms with Crippen LogP contribution in [0.25, 0.3) is 0 Å². The first kappa shape index (κ1) is 17.1. The number of nitrogens with one attached hydrogen (secondary N) is 2. The van der Waals surface area contributed by atoms with Gasteiger partial charge in [-0.05, 0) is 44.0 Å². The molecular formula is C13H20BrN3O2S. The van der Waals surface area contributed by atoms with Gasteiger partial charge in [0.1, 0.15) is 0 Å². The monoisotopic (exact) mass is 361 g/mol. The molecule has 20 heavy (non-hydrogen) atoms. The van der Waals surface area contributed by atoms with E-state index in [1.165, 1.54) is 7.05 Å². The van der Waals surface area contributed by atoms with Crippen molar-refractivity contribution in [3.8, 4) is 0 Å². The molecule has 0 aliphatic heterocycles. The Labute approximate surface area is 129 Å². The Morgan fingerprint density at radius 2 is 1.95 bits per heavy atom. The van der Waals surface area contributed by atoms with Gasteiger partial charge in [-0.25, -0.2) is 13.1 Å². The average molecular weight is 362 g/mol. The smallest absolute Gasteiger partial charge is 0.215 e. The third-order valence-electron chi connectivity index (χ3n) is 2.62. The maximum absolute atomic E-state index is 11.4. The molecule has 0 bridgehead atoms. The Bertz CT molecular complexity index is 515. The normalized spacial score (nSPS) is 11.9. The molecule has 0 saturated carbocycles. The third-order valence-corrected chi connectivity index (χ3v) is 4.52. The van der Waals surface area contributed by atoms with Gasteiger partial charge in [0.2, 0.25) is 10.0 Å². The summed E-state index contributed by atoms with van der Waals surface area (Å²) in [7, 11) is -1.81. The number of sulfonamides is 1. The van der Waals surface area contributed by atoms with E-state index in [4.69, 9.17) is 0 Å². The number of unbranched alkanes of at least 4 members (excludes halogenated alkanes) is 2. The molecular weight excluding hydrogens is 342 g/mol. The molecule has 0 heterocycles. The minimum Gasteiger partial charge on any atom is -0.279 e. The van der Waals surface area contributed by atoms with Crippen molar-refractivity contribution in [2.24, 2.45) is 5.10 Å². The van der Waals surface area contributed by atoms with Crippen molar-refractivity contribution in [2.75, 3.05) is 17.8 Å². The number of hydrazone groups is 1. The first-order valence-electron chi connectivity index (χ1n) is 6.41. The van der Waals surface area contributed by atoms with Gasteiger partial charge in [0, 0.05) is 11.5 Å². The fourth-order valence-electron chi connectivity index (χ4n) is 1.48. The summed E-state index contributed by atoms with van der Waals surface area (Å²) in [6.07, 6.45) is 5.04. The van der Waals surface area contributed by atoms with Gasteiger partial charge in [0.15, 0.2) is 0 Å². The number of anilines is 1. The summed E-state index contributed by atoms with van der Waals surface area (Å²) in [4.78, 5) is 0. The molecule has 0 amide bonds. The van der Waals surface area contributed by atoms with Crippen molar-refractivity contribution < 1.29 is 8.42 Å². The molecule has 112 valence electrons. The largest absolute Gasteiger partial charge is 0.279 e. The Kier molecular flexibility index (Phi) is 7.79. The zero-order valence-corrected chi connectivity index (χ0v) is 13.9. The molecule has 2 N–H and O–H groups in total. The number of alkyl halides is 1. The van der Waals surface area contributed by atoms with E-state index < -0.39 is 10.0 Å². The van der Waals surface area contributed by atoms with E-state index in [-0.39, 0.29) is 5.75 Å². The summed E-state index contributed by atoms with van der Waals surface area (Å²) in [5.41, 5.74) is 4.50. The fourth-order valence-corrected chi connectivity index (χ4v) is 2.65. The Hall–Kier alpha value is -0.920. The van der Waals surface area contributed by atoms with Crippen LogP contribution in [0.5, 0.6) is 0 Å². The predicted molar refractivity (Wildman–Crippen MR) is 87.9 cm³/mol. The second-order valence-corrected chi connectivity index (χ2v) is 6.99. The molecule has 0 aromatic heterocycles. The quantitative estimate of drug-likeness (QED) is 0.307. The molecule has 0 saturated heterocycles. The van der Waals surface area contributed by atoms with Crippen molar-refractivity contribution in [1.29, 1.82) is 0 Å². The molecule has 5 nitrogen and oxygen atoms in total. The first-order valence-corrected chi connectivity index (χ1v) is 9.18. The molecule has 1 aromatic rings. The summed E-state index contributed by atoms with van der Waals surface area (Å²) in [6.45, 7) is 0. The van der Waals surface area contributed by atoms with Crippen LogP contribution in [0.2, 0.25) is 0 Å². The van der Waals surface area contributed by atoms with Gasteiger partial charge in [0.25, 0.3) is 0 Å². The van der Waals surface area contributed by atoms with Gasteiger partial charge in [-0.15, -0.1) is 0 Å². The van der Waals surface area contributed by atoms with Crippen molar-refractivity contribution in [3.05, 3.63) is 29.8 Å². The van der Waals surface area contributed by atoms with Gasteiger partial charge in [0.05, 0.1) is 11.4 Å². The van der Waals surface area contributed by atoms with E-state index in [2.05, 4.69) is 31.2 Å². The summed E-state index contributed by atoms with van der Waals surface area (Å²) < 4.78 is 25.1. The number of hydrogen-bond acceptors (Lipinski definition) is 4. The van der Waals surface area contributed by atoms with E-state index in [0.29, 0.717) is 0 Å².